The van der Waals surface area contributed by atoms with Crippen molar-refractivity contribution in [2.45, 2.75) is 83.5 Å². The van der Waals surface area contributed by atoms with E-state index in [1.54, 1.807) is 4.90 Å². The highest BCUT2D eigenvalue weighted by atomic mass is 32.1. The molecule has 8 heteroatoms. The van der Waals surface area contributed by atoms with Crippen molar-refractivity contribution in [1.82, 2.24) is 4.90 Å². The van der Waals surface area contributed by atoms with E-state index in [4.69, 9.17) is 0 Å². The molecule has 1 aromatic heterocycles. The van der Waals surface area contributed by atoms with Gasteiger partial charge >= 0.3 is 5.97 Å². The number of hydrogen-bond donors (Lipinski definition) is 1. The zero-order chi connectivity index (χ0) is 24.2. The number of carbonyl (C=O) groups is 2. The van der Waals surface area contributed by atoms with Crippen molar-refractivity contribution in [3.63, 3.8) is 0 Å². The Labute approximate surface area is 204 Å². The zero-order valence-corrected chi connectivity index (χ0v) is 20.8. The van der Waals surface area contributed by atoms with Gasteiger partial charge in [0.1, 0.15) is 11.6 Å². The molecule has 3 aliphatic rings. The quantitative estimate of drug-likeness (QED) is 0.453. The van der Waals surface area contributed by atoms with E-state index in [9.17, 15) is 23.5 Å². The van der Waals surface area contributed by atoms with Crippen LogP contribution in [0.1, 0.15) is 85.7 Å². The molecule has 1 saturated carbocycles. The van der Waals surface area contributed by atoms with Crippen molar-refractivity contribution < 1.29 is 23.5 Å². The molecule has 4 rings (SSSR count). The van der Waals surface area contributed by atoms with Crippen molar-refractivity contribution in [3.8, 4) is 0 Å². The largest absolute Gasteiger partial charge is 0.477 e. The fraction of sp³-hybridized carbons (Fsp3) is 0.692. The number of carboxylic acid groups (broad SMARTS) is 1. The lowest BCUT2D eigenvalue weighted by molar-refractivity contribution is -0.124. The van der Waals surface area contributed by atoms with E-state index in [0.717, 1.165) is 56.2 Å². The van der Waals surface area contributed by atoms with E-state index >= 15 is 0 Å². The molecule has 2 heterocycles. The van der Waals surface area contributed by atoms with Gasteiger partial charge in [-0.1, -0.05) is 13.0 Å². The van der Waals surface area contributed by atoms with Gasteiger partial charge in [-0.25, -0.2) is 13.6 Å². The zero-order valence-electron chi connectivity index (χ0n) is 20.0. The second-order valence-electron chi connectivity index (χ2n) is 10.1. The number of aromatic carboxylic acids is 1. The summed E-state index contributed by atoms with van der Waals surface area (Å²) in [4.78, 5) is 30.5. The maximum absolute atomic E-state index is 13.9. The van der Waals surface area contributed by atoms with Gasteiger partial charge in [0.15, 0.2) is 6.30 Å². The summed E-state index contributed by atoms with van der Waals surface area (Å²) in [6.07, 6.45) is 9.34. The van der Waals surface area contributed by atoms with Crippen LogP contribution < -0.4 is 4.90 Å². The Balaban J connectivity index is 1.66. The predicted molar refractivity (Wildman–Crippen MR) is 132 cm³/mol. The van der Waals surface area contributed by atoms with Gasteiger partial charge in [0, 0.05) is 29.9 Å². The lowest BCUT2D eigenvalue weighted by Gasteiger charge is -2.41. The Bertz CT molecular complexity index is 902. The first-order chi connectivity index (χ1) is 16.4. The number of likely N-dealkylation sites (tertiary alicyclic amines) is 1. The van der Waals surface area contributed by atoms with E-state index in [0.29, 0.717) is 37.5 Å². The lowest BCUT2D eigenvalue weighted by atomic mass is 9.82. The molecule has 1 unspecified atom stereocenters. The number of halogens is 2. The number of amides is 1. The van der Waals surface area contributed by atoms with Gasteiger partial charge in [0.05, 0.1) is 5.69 Å². The number of carboxylic acids is 1. The molecular formula is C26H36F2N2O3S. The molecular weight excluding hydrogens is 458 g/mol. The van der Waals surface area contributed by atoms with Crippen LogP contribution in [0, 0.1) is 11.8 Å². The average molecular weight is 495 g/mol. The van der Waals surface area contributed by atoms with Gasteiger partial charge in [-0.05, 0) is 81.8 Å². The predicted octanol–water partition coefficient (Wildman–Crippen LogP) is 6.29. The minimum Gasteiger partial charge on any atom is -0.477 e. The second-order valence-corrected chi connectivity index (χ2v) is 11.2. The minimum absolute atomic E-state index is 0.00267. The number of thiophene rings is 1. The molecule has 1 saturated heterocycles. The third-order valence-electron chi connectivity index (χ3n) is 7.76. The molecule has 1 amide bonds. The Kier molecular flexibility index (Phi) is 8.40. The van der Waals surface area contributed by atoms with Crippen LogP contribution in [0.25, 0.3) is 5.57 Å². The standard InChI is InChI=1S/C26H36F2N2O3S/c1-17-7-9-19(10-8-17)25(31)30(20-11-13-29(14-12-20)23(28)16-27)21-15-22(34-24(21)26(32)33)18-5-3-2-4-6-18/h5,15,17,19-20,23H,2-4,6-14,16H2,1H3,(H,32,33). The van der Waals surface area contributed by atoms with Crippen molar-refractivity contribution in [2.75, 3.05) is 24.7 Å². The first-order valence-electron chi connectivity index (χ1n) is 12.7. The van der Waals surface area contributed by atoms with Crippen LogP contribution in [-0.4, -0.2) is 54.0 Å². The third-order valence-corrected chi connectivity index (χ3v) is 8.95. The van der Waals surface area contributed by atoms with Gasteiger partial charge in [0.2, 0.25) is 5.91 Å². The van der Waals surface area contributed by atoms with E-state index < -0.39 is 18.9 Å². The molecule has 0 aromatic carbocycles. The number of allylic oxidation sites excluding steroid dienone is 2. The second kappa shape index (κ2) is 11.3. The molecule has 1 atom stereocenters. The number of anilines is 1. The van der Waals surface area contributed by atoms with Gasteiger partial charge in [-0.3, -0.25) is 9.69 Å². The fourth-order valence-corrected chi connectivity index (χ4v) is 6.71. The highest BCUT2D eigenvalue weighted by Gasteiger charge is 2.38. The summed E-state index contributed by atoms with van der Waals surface area (Å²) in [5.74, 6) is -0.537. The number of piperidine rings is 1. The van der Waals surface area contributed by atoms with Crippen LogP contribution in [0.5, 0.6) is 0 Å². The molecule has 1 aliphatic heterocycles. The maximum atomic E-state index is 13.9. The van der Waals surface area contributed by atoms with Gasteiger partial charge in [-0.15, -0.1) is 11.3 Å². The number of rotatable bonds is 7. The molecule has 0 radical (unpaired) electrons. The van der Waals surface area contributed by atoms with Crippen LogP contribution in [0.15, 0.2) is 12.1 Å². The summed E-state index contributed by atoms with van der Waals surface area (Å²) in [6, 6.07) is 1.69. The van der Waals surface area contributed by atoms with E-state index in [1.807, 2.05) is 6.07 Å². The lowest BCUT2D eigenvalue weighted by Crippen LogP contribution is -2.51. The summed E-state index contributed by atoms with van der Waals surface area (Å²) in [5.41, 5.74) is 1.66. The molecule has 0 spiro atoms. The number of nitrogens with zero attached hydrogens (tertiary/aromatic N) is 2. The van der Waals surface area contributed by atoms with Gasteiger partial charge < -0.3 is 10.0 Å². The molecule has 34 heavy (non-hydrogen) atoms. The summed E-state index contributed by atoms with van der Waals surface area (Å²) >= 11 is 1.26. The average Bonchev–Trinajstić information content (AvgIpc) is 3.30. The monoisotopic (exact) mass is 494 g/mol. The molecule has 5 nitrogen and oxygen atoms in total. The Morgan fingerprint density at radius 1 is 1.18 bits per heavy atom. The van der Waals surface area contributed by atoms with E-state index in [1.165, 1.54) is 21.8 Å². The number of hydrogen-bond acceptors (Lipinski definition) is 4. The summed E-state index contributed by atoms with van der Waals surface area (Å²) < 4.78 is 26.8. The van der Waals surface area contributed by atoms with Crippen LogP contribution in [0.4, 0.5) is 14.5 Å². The van der Waals surface area contributed by atoms with Crippen LogP contribution in [-0.2, 0) is 4.79 Å². The van der Waals surface area contributed by atoms with Gasteiger partial charge in [0.25, 0.3) is 0 Å². The smallest absolute Gasteiger partial charge is 0.348 e. The van der Waals surface area contributed by atoms with Crippen LogP contribution in [0.3, 0.4) is 0 Å². The van der Waals surface area contributed by atoms with Crippen molar-refractivity contribution >= 4 is 34.5 Å². The molecule has 2 aliphatic carbocycles. The summed E-state index contributed by atoms with van der Waals surface area (Å²) in [7, 11) is 0. The van der Waals surface area contributed by atoms with Crippen molar-refractivity contribution in [1.29, 1.82) is 0 Å². The molecule has 188 valence electrons. The van der Waals surface area contributed by atoms with Crippen molar-refractivity contribution in [3.05, 3.63) is 21.9 Å². The molecule has 1 N–H and O–H groups in total. The molecule has 1 aromatic rings. The van der Waals surface area contributed by atoms with Crippen molar-refractivity contribution in [2.24, 2.45) is 11.8 Å². The topological polar surface area (TPSA) is 60.9 Å². The Morgan fingerprint density at radius 3 is 2.47 bits per heavy atom. The first kappa shape index (κ1) is 25.3. The third kappa shape index (κ3) is 5.54. The Hall–Kier alpha value is -1.80. The number of carbonyl (C=O) groups excluding carboxylic acids is 1. The van der Waals surface area contributed by atoms with E-state index in [2.05, 4.69) is 13.0 Å². The normalized spacial score (nSPS) is 25.6. The minimum atomic E-state index is -1.62. The molecule has 2 fully saturated rings. The first-order valence-corrected chi connectivity index (χ1v) is 13.5. The van der Waals surface area contributed by atoms with Gasteiger partial charge in [-0.2, -0.15) is 0 Å². The maximum Gasteiger partial charge on any atom is 0.348 e. The Morgan fingerprint density at radius 2 is 1.88 bits per heavy atom. The van der Waals surface area contributed by atoms with Crippen LogP contribution >= 0.6 is 11.3 Å². The van der Waals surface area contributed by atoms with Crippen LogP contribution in [0.2, 0.25) is 0 Å². The highest BCUT2D eigenvalue weighted by Crippen LogP contribution is 2.41. The van der Waals surface area contributed by atoms with E-state index in [-0.39, 0.29) is 22.7 Å². The highest BCUT2D eigenvalue weighted by molar-refractivity contribution is 7.15. The fourth-order valence-electron chi connectivity index (χ4n) is 5.65. The number of alkyl halides is 2. The summed E-state index contributed by atoms with van der Waals surface area (Å²) in [6.45, 7) is 1.87. The SMILES string of the molecule is CC1CCC(C(=O)N(c2cc(C3=CCCCC3)sc2C(=O)O)C2CCN(C(F)CF)CC2)CC1. The summed E-state index contributed by atoms with van der Waals surface area (Å²) in [5, 5.41) is 10.1. The molecule has 0 bridgehead atoms.